The lowest BCUT2D eigenvalue weighted by atomic mass is 10.2. The zero-order valence-corrected chi connectivity index (χ0v) is 21.5. The third kappa shape index (κ3) is 7.58. The molecule has 0 bridgehead atoms. The van der Waals surface area contributed by atoms with Crippen LogP contribution in [0.3, 0.4) is 0 Å². The quantitative estimate of drug-likeness (QED) is 0.222. The molecule has 2 aromatic rings. The zero-order chi connectivity index (χ0) is 25.5. The van der Waals surface area contributed by atoms with Crippen LogP contribution in [0.5, 0.6) is 0 Å². The summed E-state index contributed by atoms with van der Waals surface area (Å²) in [6, 6.07) is -1.35. The summed E-state index contributed by atoms with van der Waals surface area (Å²) in [4.78, 5) is 46.5. The molecular formula is C19H26N8O5S3. The van der Waals surface area contributed by atoms with Crippen LogP contribution < -0.4 is 16.4 Å². The average molecular weight is 543 g/mol. The van der Waals surface area contributed by atoms with Crippen molar-refractivity contribution in [1.29, 1.82) is 0 Å². The first-order valence-corrected chi connectivity index (χ1v) is 13.3. The predicted octanol–water partition coefficient (Wildman–Crippen LogP) is -0.216. The number of hydrogen-bond acceptors (Lipinski definition) is 12. The topological polar surface area (TPSA) is 189 Å². The van der Waals surface area contributed by atoms with Crippen molar-refractivity contribution < 1.29 is 24.6 Å². The summed E-state index contributed by atoms with van der Waals surface area (Å²) < 4.78 is 1.75. The standard InChI is InChI=1S/C19H26N8O5S3/c1-26(2)3-4-27-19(21-9-22-27)35-7-10-6-33-15(25-13(10)16(29)30)14(17(31)32)24-12(28)5-11-8-34-18(20)23-11/h8-9,14-15,25H,3-7H2,1-2H3,(H2,20,23)(H,24,28)(H,29,30)(H,31,32)/t14-,15+/m1/s1. The summed E-state index contributed by atoms with van der Waals surface area (Å²) in [5, 5.41) is 30.6. The number of nitrogens with two attached hydrogens (primary N) is 1. The number of carbonyl (C=O) groups excluding carboxylic acids is 1. The van der Waals surface area contributed by atoms with E-state index in [2.05, 4.69) is 25.7 Å². The third-order valence-electron chi connectivity index (χ3n) is 4.80. The smallest absolute Gasteiger partial charge is 0.352 e. The number of carbonyl (C=O) groups is 3. The number of anilines is 1. The molecule has 3 rings (SSSR count). The van der Waals surface area contributed by atoms with Crippen molar-refractivity contribution in [3.05, 3.63) is 28.7 Å². The summed E-state index contributed by atoms with van der Waals surface area (Å²) in [5.74, 6) is -2.42. The van der Waals surface area contributed by atoms with E-state index in [1.165, 1.54) is 41.2 Å². The Morgan fingerprint density at radius 1 is 1.40 bits per heavy atom. The van der Waals surface area contributed by atoms with Gasteiger partial charge in [-0.2, -0.15) is 5.10 Å². The van der Waals surface area contributed by atoms with Crippen molar-refractivity contribution in [2.45, 2.75) is 29.5 Å². The number of thioether (sulfide) groups is 2. The fourth-order valence-electron chi connectivity index (χ4n) is 3.08. The predicted molar refractivity (Wildman–Crippen MR) is 133 cm³/mol. The van der Waals surface area contributed by atoms with Crippen molar-refractivity contribution in [1.82, 2.24) is 35.3 Å². The van der Waals surface area contributed by atoms with Gasteiger partial charge in [-0.3, -0.25) is 4.79 Å². The SMILES string of the molecule is CN(C)CCn1ncnc1SCC1=C(C(=O)O)N[C@H]([C@@H](NC(=O)Cc2csc(N)n2)C(=O)O)SC1. The summed E-state index contributed by atoms with van der Waals surface area (Å²) in [5.41, 5.74) is 6.52. The highest BCUT2D eigenvalue weighted by Gasteiger charge is 2.35. The lowest BCUT2D eigenvalue weighted by Gasteiger charge is -2.31. The van der Waals surface area contributed by atoms with E-state index in [1.54, 1.807) is 10.1 Å². The maximum Gasteiger partial charge on any atom is 0.352 e. The van der Waals surface area contributed by atoms with Crippen LogP contribution in [0.1, 0.15) is 5.69 Å². The van der Waals surface area contributed by atoms with Crippen molar-refractivity contribution >= 4 is 57.8 Å². The molecule has 2 aromatic heterocycles. The second kappa shape index (κ2) is 12.2. The molecule has 1 aliphatic heterocycles. The van der Waals surface area contributed by atoms with E-state index in [-0.39, 0.29) is 17.9 Å². The molecule has 190 valence electrons. The number of amides is 1. The molecule has 2 atom stereocenters. The number of carboxylic acid groups (broad SMARTS) is 2. The molecule has 0 aliphatic carbocycles. The van der Waals surface area contributed by atoms with Crippen LogP contribution in [-0.4, -0.2) is 96.3 Å². The number of rotatable bonds is 12. The maximum absolute atomic E-state index is 12.4. The van der Waals surface area contributed by atoms with Gasteiger partial charge in [-0.1, -0.05) is 11.8 Å². The van der Waals surface area contributed by atoms with Gasteiger partial charge in [0, 0.05) is 23.4 Å². The monoisotopic (exact) mass is 542 g/mol. The first-order chi connectivity index (χ1) is 16.6. The summed E-state index contributed by atoms with van der Waals surface area (Å²) >= 11 is 3.75. The van der Waals surface area contributed by atoms with Gasteiger partial charge in [-0.05, 0) is 19.7 Å². The fraction of sp³-hybridized carbons (Fsp3) is 0.474. The minimum atomic E-state index is -1.35. The second-order valence-electron chi connectivity index (χ2n) is 7.75. The second-order valence-corrected chi connectivity index (χ2v) is 10.7. The Hall–Kier alpha value is -2.82. The molecule has 0 saturated heterocycles. The lowest BCUT2D eigenvalue weighted by molar-refractivity contribution is -0.142. The van der Waals surface area contributed by atoms with Crippen LogP contribution in [0, 0.1) is 0 Å². The van der Waals surface area contributed by atoms with Crippen LogP contribution in [0.25, 0.3) is 0 Å². The van der Waals surface area contributed by atoms with E-state index in [9.17, 15) is 24.6 Å². The molecule has 0 fully saturated rings. The highest BCUT2D eigenvalue weighted by molar-refractivity contribution is 8.00. The van der Waals surface area contributed by atoms with Crippen LogP contribution in [0.15, 0.2) is 28.1 Å². The van der Waals surface area contributed by atoms with Gasteiger partial charge in [0.25, 0.3) is 0 Å². The van der Waals surface area contributed by atoms with Gasteiger partial charge in [0.1, 0.15) is 17.4 Å². The van der Waals surface area contributed by atoms with Crippen LogP contribution in [0.4, 0.5) is 5.13 Å². The molecule has 16 heteroatoms. The molecule has 1 amide bonds. The molecule has 0 aromatic carbocycles. The molecule has 6 N–H and O–H groups in total. The average Bonchev–Trinajstić information content (AvgIpc) is 3.42. The Balaban J connectivity index is 1.66. The lowest BCUT2D eigenvalue weighted by Crippen LogP contribution is -2.55. The minimum Gasteiger partial charge on any atom is -0.480 e. The first kappa shape index (κ1) is 26.8. The van der Waals surface area contributed by atoms with E-state index in [0.29, 0.717) is 33.9 Å². The van der Waals surface area contributed by atoms with Crippen molar-refractivity contribution in [2.24, 2.45) is 0 Å². The van der Waals surface area contributed by atoms with Gasteiger partial charge >= 0.3 is 11.9 Å². The molecule has 0 unspecified atom stereocenters. The Kier molecular flexibility index (Phi) is 9.36. The highest BCUT2D eigenvalue weighted by Crippen LogP contribution is 2.29. The Labute approximate surface area is 213 Å². The number of aromatic nitrogens is 4. The summed E-state index contributed by atoms with van der Waals surface area (Å²) in [7, 11) is 3.91. The number of hydrogen-bond donors (Lipinski definition) is 5. The molecule has 35 heavy (non-hydrogen) atoms. The first-order valence-electron chi connectivity index (χ1n) is 10.3. The minimum absolute atomic E-state index is 0.0756. The van der Waals surface area contributed by atoms with Crippen LogP contribution in [0.2, 0.25) is 0 Å². The maximum atomic E-state index is 12.4. The Morgan fingerprint density at radius 3 is 2.80 bits per heavy atom. The zero-order valence-electron chi connectivity index (χ0n) is 19.0. The number of nitrogen functional groups attached to an aromatic ring is 1. The normalized spacial score (nSPS) is 16.7. The highest BCUT2D eigenvalue weighted by atomic mass is 32.2. The molecule has 0 radical (unpaired) electrons. The van der Waals surface area contributed by atoms with E-state index in [0.717, 1.165) is 6.54 Å². The van der Waals surface area contributed by atoms with Crippen LogP contribution in [-0.2, 0) is 27.3 Å². The largest absolute Gasteiger partial charge is 0.480 e. The van der Waals surface area contributed by atoms with E-state index >= 15 is 0 Å². The van der Waals surface area contributed by atoms with E-state index in [4.69, 9.17) is 5.73 Å². The number of likely N-dealkylation sites (N-methyl/N-ethyl adjacent to an activating group) is 1. The number of nitrogens with zero attached hydrogens (tertiary/aromatic N) is 5. The Morgan fingerprint density at radius 2 is 2.17 bits per heavy atom. The van der Waals surface area contributed by atoms with Crippen LogP contribution >= 0.6 is 34.9 Å². The fourth-order valence-corrected chi connectivity index (χ4v) is 5.94. The van der Waals surface area contributed by atoms with Gasteiger partial charge < -0.3 is 31.5 Å². The van der Waals surface area contributed by atoms with Gasteiger partial charge in [0.05, 0.1) is 18.7 Å². The molecular weight excluding hydrogens is 516 g/mol. The van der Waals surface area contributed by atoms with Gasteiger partial charge in [-0.15, -0.1) is 23.1 Å². The van der Waals surface area contributed by atoms with Crippen molar-refractivity contribution in [3.63, 3.8) is 0 Å². The summed E-state index contributed by atoms with van der Waals surface area (Å²) in [6.45, 7) is 1.42. The number of thiazole rings is 1. The molecule has 0 saturated carbocycles. The molecule has 1 aliphatic rings. The Bertz CT molecular complexity index is 1100. The third-order valence-corrected chi connectivity index (χ3v) is 7.86. The molecule has 13 nitrogen and oxygen atoms in total. The summed E-state index contributed by atoms with van der Waals surface area (Å²) in [6.07, 6.45) is 1.32. The van der Waals surface area contributed by atoms with Crippen molar-refractivity contribution in [2.75, 3.05) is 37.9 Å². The molecule has 3 heterocycles. The van der Waals surface area contributed by atoms with Crippen molar-refractivity contribution in [3.8, 4) is 0 Å². The number of carboxylic acids is 2. The number of nitrogens with one attached hydrogen (secondary N) is 2. The van der Waals surface area contributed by atoms with Gasteiger partial charge in [0.15, 0.2) is 16.3 Å². The van der Waals surface area contributed by atoms with Gasteiger partial charge in [0.2, 0.25) is 5.91 Å². The van der Waals surface area contributed by atoms with E-state index in [1.807, 2.05) is 19.0 Å². The van der Waals surface area contributed by atoms with Gasteiger partial charge in [-0.25, -0.2) is 24.2 Å². The number of aliphatic carboxylic acids is 2. The molecule has 0 spiro atoms. The van der Waals surface area contributed by atoms with E-state index < -0.39 is 29.3 Å².